The largest absolute Gasteiger partial charge is 0.465 e. The molecule has 4 aliphatic rings. The lowest BCUT2D eigenvalue weighted by Gasteiger charge is -2.37. The molecule has 0 N–H and O–H groups in total. The van der Waals surface area contributed by atoms with Crippen molar-refractivity contribution in [1.82, 2.24) is 0 Å². The van der Waals surface area contributed by atoms with Gasteiger partial charge in [-0.05, 0) is 175 Å². The van der Waals surface area contributed by atoms with Gasteiger partial charge in [0.15, 0.2) is 5.78 Å². The van der Waals surface area contributed by atoms with Gasteiger partial charge in [-0.25, -0.2) is 0 Å². The molecule has 0 aliphatic heterocycles. The normalized spacial score (nSPS) is 25.1. The average molecular weight is 974 g/mol. The third-order valence-corrected chi connectivity index (χ3v) is 15.2. The molecule has 0 spiro atoms. The molecule has 7 rings (SSSR count). The van der Waals surface area contributed by atoms with Gasteiger partial charge in [0.1, 0.15) is 29.5 Å². The van der Waals surface area contributed by atoms with E-state index in [2.05, 4.69) is 0 Å². The summed E-state index contributed by atoms with van der Waals surface area (Å²) in [7, 11) is 0. The van der Waals surface area contributed by atoms with Crippen LogP contribution in [0.3, 0.4) is 0 Å². The number of ether oxygens (including phenoxy) is 6. The van der Waals surface area contributed by atoms with E-state index in [4.69, 9.17) is 40.0 Å². The number of ketones is 1. The van der Waals surface area contributed by atoms with Gasteiger partial charge in [-0.3, -0.25) is 33.6 Å². The molecular formula is C53H61ClO13S. The Morgan fingerprint density at radius 3 is 1.60 bits per heavy atom. The van der Waals surface area contributed by atoms with Crippen molar-refractivity contribution in [3.63, 3.8) is 0 Å². The van der Waals surface area contributed by atoms with Gasteiger partial charge < -0.3 is 28.4 Å². The number of halogens is 1. The van der Waals surface area contributed by atoms with E-state index in [1.165, 1.54) is 44.2 Å². The SMILES string of the molecule is CC(=O)Oc1ccc(OC(=O)C2CCC(C(=O)Oc3ccc(CCOC(=O)C4CCC(C(=O)OC5CCC(C6CCC(OC(C)=O)CC6)CC5)CC4)cc3)CC2)cc1/C=C/C(=O)c1ccc(Cl)s1. The van der Waals surface area contributed by atoms with Crippen LogP contribution in [-0.4, -0.2) is 60.4 Å². The lowest BCUT2D eigenvalue weighted by molar-refractivity contribution is -0.160. The molecule has 68 heavy (non-hydrogen) atoms. The molecule has 0 unspecified atom stereocenters. The molecule has 0 bridgehead atoms. The van der Waals surface area contributed by atoms with Crippen molar-refractivity contribution < 1.29 is 62.0 Å². The second kappa shape index (κ2) is 24.3. The molecule has 4 aliphatic carbocycles. The Kier molecular flexibility index (Phi) is 18.0. The predicted octanol–water partition coefficient (Wildman–Crippen LogP) is 10.7. The third-order valence-electron chi connectivity index (χ3n) is 14.0. The van der Waals surface area contributed by atoms with Crippen molar-refractivity contribution in [3.05, 3.63) is 81.0 Å². The van der Waals surface area contributed by atoms with Gasteiger partial charge in [-0.2, -0.15) is 0 Å². The van der Waals surface area contributed by atoms with Crippen LogP contribution in [-0.2, 0) is 49.4 Å². The van der Waals surface area contributed by atoms with Gasteiger partial charge in [-0.1, -0.05) is 23.7 Å². The fraction of sp³-hybridized carbons (Fsp3) is 0.528. The Morgan fingerprint density at radius 2 is 1.07 bits per heavy atom. The Hall–Kier alpha value is -5.34. The molecule has 4 saturated carbocycles. The van der Waals surface area contributed by atoms with Gasteiger partial charge in [0, 0.05) is 25.8 Å². The summed E-state index contributed by atoms with van der Waals surface area (Å²) in [6, 6.07) is 14.9. The Labute approximate surface area is 406 Å². The molecule has 1 aromatic heterocycles. The van der Waals surface area contributed by atoms with Crippen molar-refractivity contribution in [2.24, 2.45) is 35.5 Å². The first-order chi connectivity index (χ1) is 32.8. The highest BCUT2D eigenvalue weighted by Gasteiger charge is 2.36. The van der Waals surface area contributed by atoms with Gasteiger partial charge in [0.2, 0.25) is 0 Å². The van der Waals surface area contributed by atoms with Crippen molar-refractivity contribution in [3.8, 4) is 17.2 Å². The summed E-state index contributed by atoms with van der Waals surface area (Å²) >= 11 is 7.11. The van der Waals surface area contributed by atoms with Crippen LogP contribution in [0.15, 0.2) is 60.7 Å². The highest BCUT2D eigenvalue weighted by Crippen LogP contribution is 2.41. The van der Waals surface area contributed by atoms with E-state index < -0.39 is 17.9 Å². The second-order valence-electron chi connectivity index (χ2n) is 18.7. The number of carbonyl (C=O) groups excluding carboxylic acids is 7. The van der Waals surface area contributed by atoms with Crippen LogP contribution >= 0.6 is 22.9 Å². The molecular weight excluding hydrogens is 912 g/mol. The van der Waals surface area contributed by atoms with Crippen LogP contribution in [0, 0.1) is 35.5 Å². The summed E-state index contributed by atoms with van der Waals surface area (Å²) in [6.07, 6.45) is 15.5. The molecule has 1 heterocycles. The van der Waals surface area contributed by atoms with Crippen LogP contribution < -0.4 is 14.2 Å². The summed E-state index contributed by atoms with van der Waals surface area (Å²) < 4.78 is 34.2. The highest BCUT2D eigenvalue weighted by molar-refractivity contribution is 7.18. The van der Waals surface area contributed by atoms with Crippen LogP contribution in [0.1, 0.15) is 137 Å². The maximum absolute atomic E-state index is 13.2. The molecule has 2 aromatic carbocycles. The zero-order valence-electron chi connectivity index (χ0n) is 38.8. The van der Waals surface area contributed by atoms with Gasteiger partial charge in [0.25, 0.3) is 0 Å². The van der Waals surface area contributed by atoms with Crippen LogP contribution in [0.5, 0.6) is 17.2 Å². The number of esters is 6. The molecule has 0 saturated heterocycles. The fourth-order valence-electron chi connectivity index (χ4n) is 10.2. The Balaban J connectivity index is 0.763. The summed E-state index contributed by atoms with van der Waals surface area (Å²) in [5, 5.41) is 0. The fourth-order valence-corrected chi connectivity index (χ4v) is 11.1. The molecule has 0 atom stereocenters. The smallest absolute Gasteiger partial charge is 0.314 e. The minimum absolute atomic E-state index is 0.0372. The summed E-state index contributed by atoms with van der Waals surface area (Å²) in [5.74, 6) is -1.33. The quantitative estimate of drug-likeness (QED) is 0.0436. The average Bonchev–Trinajstić information content (AvgIpc) is 3.78. The summed E-state index contributed by atoms with van der Waals surface area (Å²) in [6.45, 7) is 2.95. The number of benzene rings is 2. The van der Waals surface area contributed by atoms with E-state index in [0.29, 0.717) is 90.1 Å². The first-order valence-electron chi connectivity index (χ1n) is 24.1. The molecule has 3 aromatic rings. The molecule has 0 amide bonds. The monoisotopic (exact) mass is 972 g/mol. The molecule has 0 radical (unpaired) electrons. The number of allylic oxidation sites excluding steroid dienone is 1. The Bertz CT molecular complexity index is 2290. The standard InChI is InChI=1S/C53H61ClO13S/c1-32(55)63-42-20-13-35(14-21-42)36-15-22-44(23-16-36)66-52(60)38-7-5-37(6-8-38)50(58)62-30-29-34-3-18-43(19-4-34)65-51(59)39-9-11-40(12-10-39)53(61)67-45-24-26-47(64-33(2)56)41(31-45)17-25-46(57)48-27-28-49(54)68-48/h3-4,17-19,24-28,31,35-40,42,44H,5-16,20-23,29-30H2,1-2H3/b25-17+. The lowest BCUT2D eigenvalue weighted by atomic mass is 9.72. The van der Waals surface area contributed by atoms with E-state index in [1.807, 2.05) is 12.1 Å². The maximum atomic E-state index is 13.2. The van der Waals surface area contributed by atoms with E-state index in [9.17, 15) is 33.6 Å². The molecule has 4 fully saturated rings. The highest BCUT2D eigenvalue weighted by atomic mass is 35.5. The third kappa shape index (κ3) is 14.6. The van der Waals surface area contributed by atoms with Crippen LogP contribution in [0.2, 0.25) is 4.34 Å². The first-order valence-corrected chi connectivity index (χ1v) is 25.3. The second-order valence-corrected chi connectivity index (χ2v) is 20.4. The zero-order valence-corrected chi connectivity index (χ0v) is 40.4. The summed E-state index contributed by atoms with van der Waals surface area (Å²) in [4.78, 5) is 88.4. The van der Waals surface area contributed by atoms with Crippen molar-refractivity contribution in [2.45, 2.75) is 135 Å². The van der Waals surface area contributed by atoms with Crippen LogP contribution in [0.25, 0.3) is 6.08 Å². The molecule has 13 nitrogen and oxygen atoms in total. The minimum atomic E-state index is -0.546. The van der Waals surface area contributed by atoms with Crippen LogP contribution in [0.4, 0.5) is 0 Å². The van der Waals surface area contributed by atoms with Gasteiger partial charge >= 0.3 is 35.8 Å². The number of thiophene rings is 1. The molecule has 364 valence electrons. The van der Waals surface area contributed by atoms with Crippen molar-refractivity contribution in [1.29, 1.82) is 0 Å². The van der Waals surface area contributed by atoms with E-state index in [-0.39, 0.29) is 77.7 Å². The predicted molar refractivity (Wildman–Crippen MR) is 253 cm³/mol. The van der Waals surface area contributed by atoms with Gasteiger partial charge in [-0.15, -0.1) is 11.3 Å². The van der Waals surface area contributed by atoms with E-state index in [0.717, 1.165) is 68.3 Å². The Morgan fingerprint density at radius 1 is 0.559 bits per heavy atom. The van der Waals surface area contributed by atoms with E-state index >= 15 is 0 Å². The van der Waals surface area contributed by atoms with Gasteiger partial charge in [0.05, 0.1) is 39.5 Å². The van der Waals surface area contributed by atoms with Crippen molar-refractivity contribution >= 4 is 70.6 Å². The lowest BCUT2D eigenvalue weighted by Crippen LogP contribution is -2.34. The topological polar surface area (TPSA) is 175 Å². The van der Waals surface area contributed by atoms with E-state index in [1.54, 1.807) is 24.3 Å². The molecule has 15 heteroatoms. The first kappa shape index (κ1) is 50.5. The van der Waals surface area contributed by atoms with Crippen molar-refractivity contribution in [2.75, 3.05) is 6.61 Å². The number of rotatable bonds is 16. The summed E-state index contributed by atoms with van der Waals surface area (Å²) in [5.41, 5.74) is 1.29. The maximum Gasteiger partial charge on any atom is 0.314 e. The number of hydrogen-bond donors (Lipinski definition) is 0. The minimum Gasteiger partial charge on any atom is -0.465 e. The number of carbonyl (C=O) groups is 7. The zero-order chi connectivity index (χ0) is 48.2. The number of hydrogen-bond acceptors (Lipinski definition) is 14.